The van der Waals surface area contributed by atoms with Gasteiger partial charge in [-0.25, -0.2) is 0 Å². The third-order valence-corrected chi connectivity index (χ3v) is 2.66. The van der Waals surface area contributed by atoms with Gasteiger partial charge in [-0.05, 0) is 12.0 Å². The highest BCUT2D eigenvalue weighted by molar-refractivity contribution is 5.28. The molecule has 1 aromatic rings. The molecule has 1 heteroatoms. The number of hydrogen-bond donors (Lipinski definition) is 1. The fourth-order valence-corrected chi connectivity index (χ4v) is 1.77. The first-order chi connectivity index (χ1) is 7.29. The zero-order valence-electron chi connectivity index (χ0n) is 8.82. The molecule has 0 radical (unpaired) electrons. The summed E-state index contributed by atoms with van der Waals surface area (Å²) in [5, 5.41) is 9.55. The van der Waals surface area contributed by atoms with Gasteiger partial charge in [-0.1, -0.05) is 36.4 Å². The van der Waals surface area contributed by atoms with Crippen LogP contribution < -0.4 is 0 Å². The standard InChI is InChI=1S/C14H16O/c1-3-10-14(12-15,11-4-2)13-8-6-5-7-9-13/h1,4-9,15H,2,10-12H2. The quantitative estimate of drug-likeness (QED) is 0.572. The molecule has 0 aliphatic carbocycles. The Morgan fingerprint density at radius 1 is 1.40 bits per heavy atom. The normalized spacial score (nSPS) is 13.9. The van der Waals surface area contributed by atoms with Crippen molar-refractivity contribution in [3.05, 3.63) is 48.6 Å². The van der Waals surface area contributed by atoms with E-state index in [1.807, 2.05) is 30.3 Å². The number of allylic oxidation sites excluding steroid dienone is 1. The predicted octanol–water partition coefficient (Wildman–Crippen LogP) is 2.52. The number of hydrogen-bond acceptors (Lipinski definition) is 1. The Labute approximate surface area is 91.5 Å². The highest BCUT2D eigenvalue weighted by Crippen LogP contribution is 2.31. The van der Waals surface area contributed by atoms with Gasteiger partial charge in [0.1, 0.15) is 0 Å². The molecule has 0 saturated carbocycles. The van der Waals surface area contributed by atoms with Crippen molar-refractivity contribution in [2.75, 3.05) is 6.61 Å². The van der Waals surface area contributed by atoms with E-state index < -0.39 is 0 Å². The lowest BCUT2D eigenvalue weighted by Crippen LogP contribution is -2.29. The molecule has 1 rings (SSSR count). The Bertz CT molecular complexity index is 347. The van der Waals surface area contributed by atoms with Crippen LogP contribution in [0.15, 0.2) is 43.0 Å². The summed E-state index contributed by atoms with van der Waals surface area (Å²) in [4.78, 5) is 0. The van der Waals surface area contributed by atoms with Crippen molar-refractivity contribution in [1.29, 1.82) is 0 Å². The number of aliphatic hydroxyl groups excluding tert-OH is 1. The Morgan fingerprint density at radius 3 is 2.53 bits per heavy atom. The minimum absolute atomic E-state index is 0.0488. The molecule has 0 aromatic heterocycles. The molecule has 1 aromatic carbocycles. The largest absolute Gasteiger partial charge is 0.395 e. The van der Waals surface area contributed by atoms with Crippen LogP contribution in [-0.2, 0) is 5.41 Å². The van der Waals surface area contributed by atoms with Gasteiger partial charge in [0.15, 0.2) is 0 Å². The Balaban J connectivity index is 3.09. The van der Waals surface area contributed by atoms with Gasteiger partial charge in [0.05, 0.1) is 6.61 Å². The van der Waals surface area contributed by atoms with E-state index >= 15 is 0 Å². The van der Waals surface area contributed by atoms with E-state index in [0.29, 0.717) is 12.8 Å². The van der Waals surface area contributed by atoms with Gasteiger partial charge < -0.3 is 5.11 Å². The van der Waals surface area contributed by atoms with Gasteiger partial charge in [-0.15, -0.1) is 18.9 Å². The maximum absolute atomic E-state index is 9.55. The molecule has 78 valence electrons. The van der Waals surface area contributed by atoms with E-state index in [4.69, 9.17) is 6.42 Å². The van der Waals surface area contributed by atoms with Crippen molar-refractivity contribution < 1.29 is 5.11 Å². The zero-order valence-corrected chi connectivity index (χ0v) is 8.82. The van der Waals surface area contributed by atoms with Gasteiger partial charge in [0, 0.05) is 11.8 Å². The van der Waals surface area contributed by atoms with Crippen molar-refractivity contribution in [1.82, 2.24) is 0 Å². The molecule has 0 bridgehead atoms. The number of benzene rings is 1. The van der Waals surface area contributed by atoms with Crippen molar-refractivity contribution in [2.24, 2.45) is 0 Å². The molecule has 1 N–H and O–H groups in total. The lowest BCUT2D eigenvalue weighted by molar-refractivity contribution is 0.196. The van der Waals surface area contributed by atoms with Crippen LogP contribution >= 0.6 is 0 Å². The molecule has 1 nitrogen and oxygen atoms in total. The van der Waals surface area contributed by atoms with E-state index in [-0.39, 0.29) is 12.0 Å². The number of terminal acetylenes is 1. The number of aliphatic hydroxyl groups is 1. The van der Waals surface area contributed by atoms with E-state index in [1.165, 1.54) is 0 Å². The van der Waals surface area contributed by atoms with Crippen LogP contribution in [0, 0.1) is 12.3 Å². The van der Waals surface area contributed by atoms with Crippen molar-refractivity contribution in [3.63, 3.8) is 0 Å². The van der Waals surface area contributed by atoms with Gasteiger partial charge in [0.2, 0.25) is 0 Å². The van der Waals surface area contributed by atoms with Gasteiger partial charge in [-0.2, -0.15) is 0 Å². The molecule has 15 heavy (non-hydrogen) atoms. The van der Waals surface area contributed by atoms with Crippen molar-refractivity contribution in [3.8, 4) is 12.3 Å². The maximum Gasteiger partial charge on any atom is 0.0540 e. The van der Waals surface area contributed by atoms with Crippen LogP contribution in [0.25, 0.3) is 0 Å². The minimum atomic E-state index is -0.363. The Morgan fingerprint density at radius 2 is 2.07 bits per heavy atom. The topological polar surface area (TPSA) is 20.2 Å². The second-order valence-corrected chi connectivity index (χ2v) is 3.68. The second-order valence-electron chi connectivity index (χ2n) is 3.68. The molecule has 0 amide bonds. The summed E-state index contributed by atoms with van der Waals surface area (Å²) in [5.74, 6) is 2.64. The SMILES string of the molecule is C#CCC(CO)(CC=C)c1ccccc1. The third kappa shape index (κ3) is 2.49. The molecular formula is C14H16O. The highest BCUT2D eigenvalue weighted by atomic mass is 16.3. The van der Waals surface area contributed by atoms with Crippen LogP contribution in [-0.4, -0.2) is 11.7 Å². The predicted molar refractivity (Wildman–Crippen MR) is 63.5 cm³/mol. The Hall–Kier alpha value is -1.52. The maximum atomic E-state index is 9.55. The zero-order chi connectivity index (χ0) is 11.1. The van der Waals surface area contributed by atoms with E-state index in [9.17, 15) is 5.11 Å². The summed E-state index contributed by atoms with van der Waals surface area (Å²) in [6.45, 7) is 3.77. The van der Waals surface area contributed by atoms with E-state index in [1.54, 1.807) is 6.08 Å². The van der Waals surface area contributed by atoms with Crippen LogP contribution in [0.2, 0.25) is 0 Å². The summed E-state index contributed by atoms with van der Waals surface area (Å²) in [6.07, 6.45) is 8.39. The van der Waals surface area contributed by atoms with Crippen LogP contribution in [0.3, 0.4) is 0 Å². The molecular weight excluding hydrogens is 184 g/mol. The summed E-state index contributed by atoms with van der Waals surface area (Å²) >= 11 is 0. The third-order valence-electron chi connectivity index (χ3n) is 2.66. The summed E-state index contributed by atoms with van der Waals surface area (Å²) in [5.41, 5.74) is 0.711. The molecule has 0 heterocycles. The molecule has 0 aliphatic rings. The number of rotatable bonds is 5. The summed E-state index contributed by atoms with van der Waals surface area (Å²) in [6, 6.07) is 9.86. The molecule has 0 fully saturated rings. The van der Waals surface area contributed by atoms with Gasteiger partial charge in [0.25, 0.3) is 0 Å². The summed E-state index contributed by atoms with van der Waals surface area (Å²) in [7, 11) is 0. The molecule has 0 aliphatic heterocycles. The lowest BCUT2D eigenvalue weighted by Gasteiger charge is -2.29. The van der Waals surface area contributed by atoms with Crippen molar-refractivity contribution >= 4 is 0 Å². The highest BCUT2D eigenvalue weighted by Gasteiger charge is 2.29. The minimum Gasteiger partial charge on any atom is -0.395 e. The van der Waals surface area contributed by atoms with Crippen LogP contribution in [0.1, 0.15) is 18.4 Å². The van der Waals surface area contributed by atoms with Gasteiger partial charge >= 0.3 is 0 Å². The molecule has 0 spiro atoms. The average Bonchev–Trinajstić information content (AvgIpc) is 2.30. The van der Waals surface area contributed by atoms with Gasteiger partial charge in [-0.3, -0.25) is 0 Å². The second kappa shape index (κ2) is 5.38. The van der Waals surface area contributed by atoms with Crippen LogP contribution in [0.4, 0.5) is 0 Å². The first-order valence-corrected chi connectivity index (χ1v) is 5.00. The summed E-state index contributed by atoms with van der Waals surface area (Å²) < 4.78 is 0. The van der Waals surface area contributed by atoms with E-state index in [0.717, 1.165) is 5.56 Å². The van der Waals surface area contributed by atoms with Crippen molar-refractivity contribution in [2.45, 2.75) is 18.3 Å². The van der Waals surface area contributed by atoms with E-state index in [2.05, 4.69) is 12.5 Å². The fraction of sp³-hybridized carbons (Fsp3) is 0.286. The Kier molecular flexibility index (Phi) is 4.15. The van der Waals surface area contributed by atoms with Crippen LogP contribution in [0.5, 0.6) is 0 Å². The molecule has 1 unspecified atom stereocenters. The first kappa shape index (κ1) is 11.6. The smallest absolute Gasteiger partial charge is 0.0540 e. The lowest BCUT2D eigenvalue weighted by atomic mass is 9.76. The monoisotopic (exact) mass is 200 g/mol. The first-order valence-electron chi connectivity index (χ1n) is 5.00. The fourth-order valence-electron chi connectivity index (χ4n) is 1.77. The average molecular weight is 200 g/mol. The molecule has 0 saturated heterocycles. The molecule has 1 atom stereocenters.